The molecule has 0 radical (unpaired) electrons. The summed E-state index contributed by atoms with van der Waals surface area (Å²) in [6.07, 6.45) is 6.81. The molecule has 0 N–H and O–H groups in total. The molecule has 4 heterocycles. The van der Waals surface area contributed by atoms with Crippen LogP contribution < -0.4 is 0 Å². The number of ether oxygens (including phenoxy) is 1. The average Bonchev–Trinajstić information content (AvgIpc) is 3.00. The van der Waals surface area contributed by atoms with E-state index in [0.29, 0.717) is 11.2 Å². The average molecular weight is 336 g/mol. The van der Waals surface area contributed by atoms with Gasteiger partial charge in [0, 0.05) is 35.7 Å². The summed E-state index contributed by atoms with van der Waals surface area (Å²) in [5, 5.41) is 1.62. The predicted molar refractivity (Wildman–Crippen MR) is 91.9 cm³/mol. The molecule has 118 valence electrons. The number of hydrogen-bond acceptors (Lipinski definition) is 7. The maximum atomic E-state index is 12.4. The smallest absolute Gasteiger partial charge is 0.357 e. The summed E-state index contributed by atoms with van der Waals surface area (Å²) in [7, 11) is 0. The van der Waals surface area contributed by atoms with Gasteiger partial charge in [0.1, 0.15) is 4.83 Å². The summed E-state index contributed by atoms with van der Waals surface area (Å²) >= 11 is 1.48. The molecule has 0 aliphatic heterocycles. The van der Waals surface area contributed by atoms with Crippen LogP contribution >= 0.6 is 11.3 Å². The fraction of sp³-hybridized carbons (Fsp3) is 0.118. The van der Waals surface area contributed by atoms with E-state index in [2.05, 4.69) is 19.9 Å². The third-order valence-corrected chi connectivity index (χ3v) is 4.56. The highest BCUT2D eigenvalue weighted by Gasteiger charge is 2.21. The Morgan fingerprint density at radius 1 is 1.17 bits per heavy atom. The Balaban J connectivity index is 2.05. The lowest BCUT2D eigenvalue weighted by Crippen LogP contribution is -2.09. The van der Waals surface area contributed by atoms with E-state index < -0.39 is 5.97 Å². The lowest BCUT2D eigenvalue weighted by atomic mass is 10.2. The topological polar surface area (TPSA) is 77.9 Å². The molecule has 0 unspecified atom stereocenters. The Labute approximate surface area is 141 Å². The zero-order valence-corrected chi connectivity index (χ0v) is 13.6. The molecule has 0 bridgehead atoms. The van der Waals surface area contributed by atoms with Crippen molar-refractivity contribution in [1.29, 1.82) is 0 Å². The van der Waals surface area contributed by atoms with E-state index in [9.17, 15) is 4.79 Å². The summed E-state index contributed by atoms with van der Waals surface area (Å²) in [5.74, 6) is 0.00437. The van der Waals surface area contributed by atoms with Crippen molar-refractivity contribution in [2.24, 2.45) is 0 Å². The van der Waals surface area contributed by atoms with Crippen molar-refractivity contribution in [3.05, 3.63) is 48.7 Å². The molecule has 0 spiro atoms. The first-order chi connectivity index (χ1) is 11.8. The van der Waals surface area contributed by atoms with Crippen LogP contribution in [0.25, 0.3) is 31.7 Å². The van der Waals surface area contributed by atoms with E-state index in [1.165, 1.54) is 11.3 Å². The fourth-order valence-electron chi connectivity index (χ4n) is 2.50. The highest BCUT2D eigenvalue weighted by Crippen LogP contribution is 2.35. The van der Waals surface area contributed by atoms with Gasteiger partial charge < -0.3 is 4.74 Å². The second-order valence-corrected chi connectivity index (χ2v) is 6.04. The van der Waals surface area contributed by atoms with Crippen LogP contribution in [0.2, 0.25) is 0 Å². The van der Waals surface area contributed by atoms with Crippen molar-refractivity contribution in [3.8, 4) is 11.4 Å². The van der Waals surface area contributed by atoms with Crippen molar-refractivity contribution in [3.63, 3.8) is 0 Å². The summed E-state index contributed by atoms with van der Waals surface area (Å²) in [6.45, 7) is 2.06. The van der Waals surface area contributed by atoms with Crippen LogP contribution in [-0.2, 0) is 4.74 Å². The van der Waals surface area contributed by atoms with Gasteiger partial charge in [0.2, 0.25) is 0 Å². The molecule has 4 aromatic rings. The number of pyridine rings is 2. The molecule has 4 aromatic heterocycles. The van der Waals surface area contributed by atoms with Crippen LogP contribution in [0.5, 0.6) is 0 Å². The van der Waals surface area contributed by atoms with E-state index in [4.69, 9.17) is 4.74 Å². The summed E-state index contributed by atoms with van der Waals surface area (Å²) in [4.78, 5) is 30.5. The van der Waals surface area contributed by atoms with Gasteiger partial charge in [-0.2, -0.15) is 0 Å². The first-order valence-electron chi connectivity index (χ1n) is 7.39. The Bertz CT molecular complexity index is 1050. The van der Waals surface area contributed by atoms with Crippen LogP contribution in [0.3, 0.4) is 0 Å². The van der Waals surface area contributed by atoms with E-state index >= 15 is 0 Å². The molecular formula is C17H12N4O2S. The molecule has 0 atom stereocenters. The van der Waals surface area contributed by atoms with E-state index in [0.717, 1.165) is 20.5 Å². The van der Waals surface area contributed by atoms with Gasteiger partial charge in [-0.1, -0.05) is 0 Å². The highest BCUT2D eigenvalue weighted by molar-refractivity contribution is 7.25. The molecule has 0 fully saturated rings. The van der Waals surface area contributed by atoms with E-state index in [1.807, 2.05) is 18.2 Å². The number of aromatic nitrogens is 4. The van der Waals surface area contributed by atoms with Crippen LogP contribution in [0, 0.1) is 0 Å². The second-order valence-electron chi connectivity index (χ2n) is 5.01. The van der Waals surface area contributed by atoms with Crippen LogP contribution in [0.1, 0.15) is 17.4 Å². The summed E-state index contributed by atoms with van der Waals surface area (Å²) < 4.78 is 6.14. The molecule has 0 amide bonds. The van der Waals surface area contributed by atoms with Crippen molar-refractivity contribution in [2.75, 3.05) is 6.61 Å². The predicted octanol–water partition coefficient (Wildman–Crippen LogP) is 3.48. The first kappa shape index (κ1) is 14.6. The van der Waals surface area contributed by atoms with Crippen LogP contribution in [0.15, 0.2) is 43.0 Å². The normalized spacial score (nSPS) is 11.0. The van der Waals surface area contributed by atoms with Gasteiger partial charge in [0.15, 0.2) is 11.5 Å². The molecule has 0 aliphatic rings. The van der Waals surface area contributed by atoms with Gasteiger partial charge in [0.05, 0.1) is 16.7 Å². The van der Waals surface area contributed by atoms with Crippen molar-refractivity contribution < 1.29 is 9.53 Å². The molecular weight excluding hydrogens is 324 g/mol. The van der Waals surface area contributed by atoms with Crippen LogP contribution in [-0.4, -0.2) is 32.5 Å². The number of rotatable bonds is 3. The zero-order chi connectivity index (χ0) is 16.5. The Hall–Kier alpha value is -2.93. The minimum Gasteiger partial charge on any atom is -0.461 e. The zero-order valence-electron chi connectivity index (χ0n) is 12.8. The third kappa shape index (κ3) is 2.39. The Morgan fingerprint density at radius 3 is 2.83 bits per heavy atom. The van der Waals surface area contributed by atoms with Gasteiger partial charge in [-0.25, -0.2) is 14.8 Å². The van der Waals surface area contributed by atoms with Gasteiger partial charge in [-0.3, -0.25) is 9.97 Å². The van der Waals surface area contributed by atoms with Gasteiger partial charge >= 0.3 is 5.97 Å². The molecule has 0 saturated heterocycles. The number of carbonyl (C=O) groups excluding carboxylic acids is 1. The number of thiophene rings is 1. The van der Waals surface area contributed by atoms with Crippen molar-refractivity contribution >= 4 is 37.6 Å². The molecule has 7 heteroatoms. The quantitative estimate of drug-likeness (QED) is 0.533. The minimum absolute atomic E-state index is 0.276. The lowest BCUT2D eigenvalue weighted by molar-refractivity contribution is 0.0522. The minimum atomic E-state index is -0.452. The summed E-state index contributed by atoms with van der Waals surface area (Å²) in [5.41, 5.74) is 1.03. The standard InChI is InChI=1S/C17H12N4O2S/c1-2-23-17(22)14-13-11-5-7-19-9-12(11)24-16(13)21-15(20-14)10-4-3-6-18-8-10/h3-9H,2H2,1H3. The molecule has 0 aliphatic carbocycles. The third-order valence-electron chi connectivity index (χ3n) is 3.52. The maximum Gasteiger partial charge on any atom is 0.357 e. The van der Waals surface area contributed by atoms with Gasteiger partial charge in [0.25, 0.3) is 0 Å². The number of hydrogen-bond donors (Lipinski definition) is 0. The number of carbonyl (C=O) groups is 1. The Kier molecular flexibility index (Phi) is 3.62. The first-order valence-corrected chi connectivity index (χ1v) is 8.21. The molecule has 0 aromatic carbocycles. The largest absolute Gasteiger partial charge is 0.461 e. The van der Waals surface area contributed by atoms with Gasteiger partial charge in [-0.15, -0.1) is 11.3 Å². The SMILES string of the molecule is CCOC(=O)c1nc(-c2cccnc2)nc2sc3cnccc3c12. The van der Waals surface area contributed by atoms with Crippen molar-refractivity contribution in [1.82, 2.24) is 19.9 Å². The van der Waals surface area contributed by atoms with E-state index in [-0.39, 0.29) is 12.3 Å². The highest BCUT2D eigenvalue weighted by atomic mass is 32.1. The Morgan fingerprint density at radius 2 is 2.04 bits per heavy atom. The molecule has 24 heavy (non-hydrogen) atoms. The monoisotopic (exact) mass is 336 g/mol. The van der Waals surface area contributed by atoms with Gasteiger partial charge in [-0.05, 0) is 25.1 Å². The number of nitrogens with zero attached hydrogens (tertiary/aromatic N) is 4. The van der Waals surface area contributed by atoms with Crippen LogP contribution in [0.4, 0.5) is 0 Å². The number of esters is 1. The molecule has 6 nitrogen and oxygen atoms in total. The molecule has 0 saturated carbocycles. The second kappa shape index (κ2) is 5.93. The van der Waals surface area contributed by atoms with Crippen molar-refractivity contribution in [2.45, 2.75) is 6.92 Å². The van der Waals surface area contributed by atoms with E-state index in [1.54, 1.807) is 31.7 Å². The summed E-state index contributed by atoms with van der Waals surface area (Å²) in [6, 6.07) is 5.53. The number of fused-ring (bicyclic) bond motifs is 3. The maximum absolute atomic E-state index is 12.4. The lowest BCUT2D eigenvalue weighted by Gasteiger charge is -2.06. The fourth-order valence-corrected chi connectivity index (χ4v) is 3.54. The molecule has 4 rings (SSSR count).